The zero-order valence-corrected chi connectivity index (χ0v) is 13.8. The van der Waals surface area contributed by atoms with E-state index in [1.807, 2.05) is 24.3 Å². The topological polar surface area (TPSA) is 112 Å². The number of aromatic nitrogens is 3. The van der Waals surface area contributed by atoms with E-state index in [2.05, 4.69) is 15.4 Å². The number of nitrogens with zero attached hydrogens (tertiary/aromatic N) is 3. The smallest absolute Gasteiger partial charge is 0.258 e. The summed E-state index contributed by atoms with van der Waals surface area (Å²) in [4.78, 5) is 26.8. The largest absolute Gasteiger partial charge is 0.484 e. The molecule has 3 N–H and O–H groups in total. The molecule has 132 valence electrons. The summed E-state index contributed by atoms with van der Waals surface area (Å²) in [7, 11) is 0. The van der Waals surface area contributed by atoms with Crippen LogP contribution in [0.3, 0.4) is 0 Å². The Bertz CT molecular complexity index is 874. The van der Waals surface area contributed by atoms with Gasteiger partial charge >= 0.3 is 0 Å². The molecule has 0 radical (unpaired) electrons. The molecule has 0 bridgehead atoms. The number of carbonyl (C=O) groups excluding carboxylic acids is 2. The second-order valence-corrected chi connectivity index (χ2v) is 5.46. The molecule has 1 heterocycles. The van der Waals surface area contributed by atoms with Gasteiger partial charge in [0.05, 0.1) is 5.69 Å². The molecule has 0 atom stereocenters. The molecule has 2 amide bonds. The Morgan fingerprint density at radius 1 is 1.08 bits per heavy atom. The highest BCUT2D eigenvalue weighted by molar-refractivity contribution is 5.92. The van der Waals surface area contributed by atoms with E-state index in [1.54, 1.807) is 35.3 Å². The molecule has 0 spiro atoms. The van der Waals surface area contributed by atoms with E-state index in [9.17, 15) is 9.59 Å². The van der Waals surface area contributed by atoms with Crippen molar-refractivity contribution >= 4 is 11.8 Å². The highest BCUT2D eigenvalue weighted by atomic mass is 16.5. The molecular weight excluding hydrogens is 334 g/mol. The van der Waals surface area contributed by atoms with Crippen molar-refractivity contribution in [2.75, 3.05) is 6.61 Å². The molecule has 8 nitrogen and oxygen atoms in total. The summed E-state index contributed by atoms with van der Waals surface area (Å²) in [5.41, 5.74) is 7.39. The Morgan fingerprint density at radius 3 is 2.42 bits per heavy atom. The minimum atomic E-state index is -0.510. The summed E-state index contributed by atoms with van der Waals surface area (Å²) in [6.45, 7) is 0.271. The number of hydrogen-bond donors (Lipinski definition) is 2. The number of amides is 2. The lowest BCUT2D eigenvalue weighted by molar-refractivity contribution is -0.123. The van der Waals surface area contributed by atoms with Crippen molar-refractivity contribution in [2.24, 2.45) is 5.73 Å². The van der Waals surface area contributed by atoms with Crippen LogP contribution in [0.25, 0.3) is 5.69 Å². The van der Waals surface area contributed by atoms with Gasteiger partial charge in [-0.2, -0.15) is 5.10 Å². The number of rotatable bonds is 7. The van der Waals surface area contributed by atoms with Crippen molar-refractivity contribution in [1.82, 2.24) is 20.1 Å². The SMILES string of the molecule is NC(=O)c1ccc(OCC(=O)NCc2ccc(-n3cncn3)cc2)cc1. The van der Waals surface area contributed by atoms with Gasteiger partial charge in [0.15, 0.2) is 6.61 Å². The predicted molar refractivity (Wildman–Crippen MR) is 93.7 cm³/mol. The summed E-state index contributed by atoms with van der Waals surface area (Å²) in [6.07, 6.45) is 3.08. The van der Waals surface area contributed by atoms with E-state index in [1.165, 1.54) is 6.33 Å². The lowest BCUT2D eigenvalue weighted by atomic mass is 10.2. The Morgan fingerprint density at radius 2 is 1.81 bits per heavy atom. The van der Waals surface area contributed by atoms with Crippen molar-refractivity contribution in [1.29, 1.82) is 0 Å². The van der Waals surface area contributed by atoms with Crippen LogP contribution in [0.4, 0.5) is 0 Å². The summed E-state index contributed by atoms with van der Waals surface area (Å²) in [5.74, 6) is -0.268. The second-order valence-electron chi connectivity index (χ2n) is 5.46. The van der Waals surface area contributed by atoms with Gasteiger partial charge in [-0.05, 0) is 42.0 Å². The maximum absolute atomic E-state index is 11.9. The molecule has 0 unspecified atom stereocenters. The van der Waals surface area contributed by atoms with Crippen LogP contribution in [0.15, 0.2) is 61.2 Å². The minimum absolute atomic E-state index is 0.118. The fourth-order valence-corrected chi connectivity index (χ4v) is 2.22. The number of hydrogen-bond acceptors (Lipinski definition) is 5. The molecule has 3 aromatic rings. The first kappa shape index (κ1) is 17.2. The number of benzene rings is 2. The first-order valence-electron chi connectivity index (χ1n) is 7.85. The molecule has 0 fully saturated rings. The average molecular weight is 351 g/mol. The van der Waals surface area contributed by atoms with Gasteiger partial charge in [0, 0.05) is 12.1 Å². The quantitative estimate of drug-likeness (QED) is 0.661. The molecule has 0 aliphatic heterocycles. The second kappa shape index (κ2) is 7.93. The third kappa shape index (κ3) is 4.44. The van der Waals surface area contributed by atoms with Crippen LogP contribution in [0, 0.1) is 0 Å². The number of nitrogens with one attached hydrogen (secondary N) is 1. The fraction of sp³-hybridized carbons (Fsp3) is 0.111. The van der Waals surface area contributed by atoms with Gasteiger partial charge in [-0.3, -0.25) is 9.59 Å². The maximum atomic E-state index is 11.9. The number of carbonyl (C=O) groups is 2. The lowest BCUT2D eigenvalue weighted by Gasteiger charge is -2.08. The predicted octanol–water partition coefficient (Wildman–Crippen LogP) is 1.06. The molecule has 0 aliphatic rings. The first-order valence-corrected chi connectivity index (χ1v) is 7.85. The molecule has 1 aromatic heterocycles. The molecule has 0 saturated heterocycles. The monoisotopic (exact) mass is 351 g/mol. The van der Waals surface area contributed by atoms with Crippen LogP contribution in [-0.4, -0.2) is 33.2 Å². The number of primary amides is 1. The highest BCUT2D eigenvalue weighted by Crippen LogP contribution is 2.12. The van der Waals surface area contributed by atoms with E-state index in [0.29, 0.717) is 17.9 Å². The van der Waals surface area contributed by atoms with Gasteiger partial charge in [-0.1, -0.05) is 12.1 Å². The van der Waals surface area contributed by atoms with Crippen LogP contribution in [0.5, 0.6) is 5.75 Å². The Hall–Kier alpha value is -3.68. The average Bonchev–Trinajstić information content (AvgIpc) is 3.20. The normalized spacial score (nSPS) is 10.3. The Balaban J connectivity index is 1.45. The van der Waals surface area contributed by atoms with Crippen molar-refractivity contribution < 1.29 is 14.3 Å². The summed E-state index contributed by atoms with van der Waals surface area (Å²) < 4.78 is 7.03. The summed E-state index contributed by atoms with van der Waals surface area (Å²) >= 11 is 0. The molecular formula is C18H17N5O3. The highest BCUT2D eigenvalue weighted by Gasteiger charge is 2.05. The van der Waals surface area contributed by atoms with Crippen LogP contribution in [-0.2, 0) is 11.3 Å². The van der Waals surface area contributed by atoms with E-state index in [0.717, 1.165) is 11.3 Å². The van der Waals surface area contributed by atoms with Gasteiger partial charge in [0.2, 0.25) is 5.91 Å². The standard InChI is InChI=1S/C18H17N5O3/c19-18(25)14-3-7-16(8-4-14)26-10-17(24)21-9-13-1-5-15(6-2-13)23-12-20-11-22-23/h1-8,11-12H,9-10H2,(H2,19,25)(H,21,24). The van der Waals surface area contributed by atoms with Crippen molar-refractivity contribution in [3.05, 3.63) is 72.3 Å². The van der Waals surface area contributed by atoms with E-state index in [-0.39, 0.29) is 12.5 Å². The molecule has 3 rings (SSSR count). The summed E-state index contributed by atoms with van der Waals surface area (Å²) in [6, 6.07) is 13.9. The third-order valence-electron chi connectivity index (χ3n) is 3.62. The van der Waals surface area contributed by atoms with Crippen LogP contribution >= 0.6 is 0 Å². The van der Waals surface area contributed by atoms with Gasteiger partial charge in [0.1, 0.15) is 18.4 Å². The van der Waals surface area contributed by atoms with Crippen LogP contribution in [0.1, 0.15) is 15.9 Å². The van der Waals surface area contributed by atoms with Crippen LogP contribution < -0.4 is 15.8 Å². The van der Waals surface area contributed by atoms with Crippen LogP contribution in [0.2, 0.25) is 0 Å². The van der Waals surface area contributed by atoms with Crippen molar-refractivity contribution in [2.45, 2.75) is 6.54 Å². The zero-order valence-electron chi connectivity index (χ0n) is 13.8. The van der Waals surface area contributed by atoms with Crippen molar-refractivity contribution in [3.8, 4) is 11.4 Å². The van der Waals surface area contributed by atoms with Gasteiger partial charge in [-0.15, -0.1) is 0 Å². The maximum Gasteiger partial charge on any atom is 0.258 e. The fourth-order valence-electron chi connectivity index (χ4n) is 2.22. The Labute approximate surface area is 149 Å². The lowest BCUT2D eigenvalue weighted by Crippen LogP contribution is -2.28. The molecule has 8 heteroatoms. The van der Waals surface area contributed by atoms with E-state index >= 15 is 0 Å². The van der Waals surface area contributed by atoms with Gasteiger partial charge in [-0.25, -0.2) is 9.67 Å². The number of ether oxygens (including phenoxy) is 1. The third-order valence-corrected chi connectivity index (χ3v) is 3.62. The zero-order chi connectivity index (χ0) is 18.4. The molecule has 2 aromatic carbocycles. The molecule has 0 aliphatic carbocycles. The molecule has 0 saturated carbocycles. The van der Waals surface area contributed by atoms with Crippen molar-refractivity contribution in [3.63, 3.8) is 0 Å². The van der Waals surface area contributed by atoms with Gasteiger partial charge < -0.3 is 15.8 Å². The van der Waals surface area contributed by atoms with Gasteiger partial charge in [0.25, 0.3) is 5.91 Å². The summed E-state index contributed by atoms with van der Waals surface area (Å²) in [5, 5.41) is 6.83. The van der Waals surface area contributed by atoms with E-state index in [4.69, 9.17) is 10.5 Å². The number of nitrogens with two attached hydrogens (primary N) is 1. The first-order chi connectivity index (χ1) is 12.6. The Kier molecular flexibility index (Phi) is 5.23. The van der Waals surface area contributed by atoms with E-state index < -0.39 is 5.91 Å². The minimum Gasteiger partial charge on any atom is -0.484 e. The molecule has 26 heavy (non-hydrogen) atoms.